The molecule has 0 radical (unpaired) electrons. The van der Waals surface area contributed by atoms with E-state index in [1.165, 1.54) is 0 Å². The monoisotopic (exact) mass is 257 g/mol. The van der Waals surface area contributed by atoms with Gasteiger partial charge in [0.2, 0.25) is 5.91 Å². The molecule has 2 unspecified atom stereocenters. The van der Waals surface area contributed by atoms with Gasteiger partial charge in [0.25, 0.3) is 0 Å². The van der Waals surface area contributed by atoms with Gasteiger partial charge in [-0.2, -0.15) is 0 Å². The number of aryl methyl sites for hydroxylation is 1. The van der Waals surface area contributed by atoms with Crippen molar-refractivity contribution in [2.45, 2.75) is 13.0 Å². The van der Waals surface area contributed by atoms with Gasteiger partial charge in [0.15, 0.2) is 5.71 Å². The van der Waals surface area contributed by atoms with Gasteiger partial charge in [-0.05, 0) is 19.1 Å². The van der Waals surface area contributed by atoms with Crippen LogP contribution in [0.15, 0.2) is 42.1 Å². The fourth-order valence-electron chi connectivity index (χ4n) is 2.07. The molecule has 98 valence electrons. The van der Waals surface area contributed by atoms with Crippen LogP contribution in [-0.2, 0) is 4.79 Å². The van der Waals surface area contributed by atoms with Gasteiger partial charge in [-0.15, -0.1) is 0 Å². The van der Waals surface area contributed by atoms with E-state index < -0.39 is 5.91 Å². The number of carbonyl (C=O) groups excluding carboxylic acids is 1. The molecule has 1 aromatic heterocycles. The largest absolute Gasteiger partial charge is 0.366 e. The predicted octanol–water partition coefficient (Wildman–Crippen LogP) is -1.14. The van der Waals surface area contributed by atoms with Crippen LogP contribution in [0, 0.1) is 12.8 Å². The molecule has 0 spiro atoms. The fraction of sp³-hybridized carbons (Fsp3) is 0.214. The van der Waals surface area contributed by atoms with Gasteiger partial charge in [0.1, 0.15) is 0 Å². The van der Waals surface area contributed by atoms with Crippen molar-refractivity contribution in [3.8, 4) is 0 Å². The highest BCUT2D eigenvalue weighted by Crippen LogP contribution is 2.19. The number of nitrogens with two attached hydrogens (primary N) is 3. The number of aromatic nitrogens is 1. The van der Waals surface area contributed by atoms with Crippen molar-refractivity contribution in [1.29, 1.82) is 0 Å². The van der Waals surface area contributed by atoms with E-state index in [-0.39, 0.29) is 12.0 Å². The standard InChI is InChI=1S/C14H16N4O/c1-8-6-9(4-5-18-8)13(16)11-7-10(14(17)19)2-3-12(11)15/h2-7,11-12,16H,15H2,1H3,(H2,17,19)/p+1. The zero-order valence-corrected chi connectivity index (χ0v) is 10.7. The molecule has 5 nitrogen and oxygen atoms in total. The molecule has 0 saturated carbocycles. The van der Waals surface area contributed by atoms with Crippen molar-refractivity contribution in [2.24, 2.45) is 17.4 Å². The van der Waals surface area contributed by atoms with Crippen LogP contribution in [0.25, 0.3) is 0 Å². The average Bonchev–Trinajstić information content (AvgIpc) is 2.38. The quantitative estimate of drug-likeness (QED) is 0.596. The lowest BCUT2D eigenvalue weighted by atomic mass is 9.85. The second kappa shape index (κ2) is 5.16. The van der Waals surface area contributed by atoms with Crippen molar-refractivity contribution in [3.63, 3.8) is 0 Å². The van der Waals surface area contributed by atoms with E-state index in [4.69, 9.17) is 16.9 Å². The first-order valence-corrected chi connectivity index (χ1v) is 6.00. The Morgan fingerprint density at radius 1 is 1.47 bits per heavy atom. The van der Waals surface area contributed by atoms with Gasteiger partial charge in [-0.3, -0.25) is 15.2 Å². The highest BCUT2D eigenvalue weighted by molar-refractivity contribution is 6.02. The second-order valence-corrected chi connectivity index (χ2v) is 4.59. The van der Waals surface area contributed by atoms with E-state index in [1.807, 2.05) is 19.1 Å². The molecule has 0 fully saturated rings. The van der Waals surface area contributed by atoms with E-state index in [2.05, 4.69) is 4.98 Å². The lowest BCUT2D eigenvalue weighted by molar-refractivity contribution is -0.117. The van der Waals surface area contributed by atoms with Crippen LogP contribution >= 0.6 is 0 Å². The Morgan fingerprint density at radius 3 is 2.84 bits per heavy atom. The fourth-order valence-corrected chi connectivity index (χ4v) is 2.07. The number of carbonyl (C=O) groups is 1. The van der Waals surface area contributed by atoms with Crippen molar-refractivity contribution >= 4 is 11.6 Å². The van der Waals surface area contributed by atoms with Crippen LogP contribution in [0.1, 0.15) is 11.3 Å². The van der Waals surface area contributed by atoms with Gasteiger partial charge in [-0.1, -0.05) is 18.2 Å². The molecular formula is C14H17N4O+. The van der Waals surface area contributed by atoms with Crippen LogP contribution in [0.3, 0.4) is 0 Å². The van der Waals surface area contributed by atoms with Crippen LogP contribution in [0.2, 0.25) is 0 Å². The van der Waals surface area contributed by atoms with Crippen molar-refractivity contribution in [3.05, 3.63) is 53.4 Å². The summed E-state index contributed by atoms with van der Waals surface area (Å²) >= 11 is 0. The van der Waals surface area contributed by atoms with Gasteiger partial charge in [-0.25, -0.2) is 0 Å². The molecule has 1 amide bonds. The van der Waals surface area contributed by atoms with Crippen LogP contribution < -0.4 is 16.9 Å². The summed E-state index contributed by atoms with van der Waals surface area (Å²) in [6.07, 6.45) is 6.79. The lowest BCUT2D eigenvalue weighted by Crippen LogP contribution is -2.50. The normalized spacial score (nSPS) is 21.9. The third-order valence-corrected chi connectivity index (χ3v) is 3.15. The van der Waals surface area contributed by atoms with E-state index in [0.29, 0.717) is 11.3 Å². The first-order chi connectivity index (χ1) is 8.99. The van der Waals surface area contributed by atoms with E-state index in [1.54, 1.807) is 24.4 Å². The summed E-state index contributed by atoms with van der Waals surface area (Å²) in [6.45, 7) is 1.89. The molecule has 0 bridgehead atoms. The molecule has 1 aliphatic rings. The minimum atomic E-state index is -0.480. The maximum Gasteiger partial charge on any atom is 0.248 e. The highest BCUT2D eigenvalue weighted by atomic mass is 16.1. The number of amides is 1. The smallest absolute Gasteiger partial charge is 0.248 e. The van der Waals surface area contributed by atoms with Crippen LogP contribution in [0.5, 0.6) is 0 Å². The number of nitrogens with zero attached hydrogens (tertiary/aromatic N) is 1. The van der Waals surface area contributed by atoms with Gasteiger partial charge >= 0.3 is 0 Å². The van der Waals surface area contributed by atoms with Gasteiger partial charge in [0, 0.05) is 29.1 Å². The lowest BCUT2D eigenvalue weighted by Gasteiger charge is -2.20. The number of hydrogen-bond donors (Lipinski definition) is 3. The molecule has 2 atom stereocenters. The van der Waals surface area contributed by atoms with E-state index in [9.17, 15) is 4.79 Å². The minimum Gasteiger partial charge on any atom is -0.366 e. The van der Waals surface area contributed by atoms with E-state index in [0.717, 1.165) is 11.3 Å². The second-order valence-electron chi connectivity index (χ2n) is 4.59. The molecule has 0 aliphatic heterocycles. The Kier molecular flexibility index (Phi) is 3.57. The first-order valence-electron chi connectivity index (χ1n) is 6.00. The zero-order valence-electron chi connectivity index (χ0n) is 10.7. The summed E-state index contributed by atoms with van der Waals surface area (Å²) < 4.78 is 0. The minimum absolute atomic E-state index is 0.241. The molecule has 2 rings (SSSR count). The SMILES string of the molecule is Cc1cc(C(=[NH2+])C2C=C(C(N)=O)C=CC2N)ccn1. The topological polar surface area (TPSA) is 108 Å². The predicted molar refractivity (Wildman–Crippen MR) is 72.9 cm³/mol. The molecule has 1 aromatic rings. The average molecular weight is 257 g/mol. The molecular weight excluding hydrogens is 240 g/mol. The van der Waals surface area contributed by atoms with Crippen LogP contribution in [-0.4, -0.2) is 22.6 Å². The molecule has 6 N–H and O–H groups in total. The van der Waals surface area contributed by atoms with E-state index >= 15 is 0 Å². The summed E-state index contributed by atoms with van der Waals surface area (Å²) in [5, 5.41) is 6.17. The Balaban J connectivity index is 2.32. The molecule has 19 heavy (non-hydrogen) atoms. The first kappa shape index (κ1) is 13.2. The maximum atomic E-state index is 11.2. The Bertz CT molecular complexity index is 589. The van der Waals surface area contributed by atoms with Crippen molar-refractivity contribution in [2.75, 3.05) is 0 Å². The summed E-state index contributed by atoms with van der Waals surface area (Å²) in [6, 6.07) is 3.44. The highest BCUT2D eigenvalue weighted by Gasteiger charge is 2.28. The molecule has 0 saturated heterocycles. The molecule has 1 aliphatic carbocycles. The van der Waals surface area contributed by atoms with Crippen molar-refractivity contribution < 1.29 is 10.2 Å². The third kappa shape index (κ3) is 2.77. The number of pyridine rings is 1. The summed E-state index contributed by atoms with van der Waals surface area (Å²) in [5.41, 5.74) is 14.1. The summed E-state index contributed by atoms with van der Waals surface area (Å²) in [7, 11) is 0. The number of primary amides is 1. The maximum absolute atomic E-state index is 11.2. The Hall–Kier alpha value is -2.27. The van der Waals surface area contributed by atoms with Crippen LogP contribution in [0.4, 0.5) is 0 Å². The Labute approximate surface area is 111 Å². The third-order valence-electron chi connectivity index (χ3n) is 3.15. The number of hydrogen-bond acceptors (Lipinski definition) is 3. The van der Waals surface area contributed by atoms with Gasteiger partial charge < -0.3 is 11.5 Å². The van der Waals surface area contributed by atoms with Crippen molar-refractivity contribution in [1.82, 2.24) is 4.98 Å². The summed E-state index contributed by atoms with van der Waals surface area (Å²) in [5.74, 6) is -0.721. The molecule has 0 aromatic carbocycles. The number of rotatable bonds is 3. The van der Waals surface area contributed by atoms with Gasteiger partial charge in [0.05, 0.1) is 5.92 Å². The molecule has 1 heterocycles. The Morgan fingerprint density at radius 2 is 2.21 bits per heavy atom. The summed E-state index contributed by atoms with van der Waals surface area (Å²) in [4.78, 5) is 15.3. The molecule has 5 heteroatoms. The zero-order chi connectivity index (χ0) is 14.0.